The lowest BCUT2D eigenvalue weighted by Crippen LogP contribution is -2.46. The number of likely N-dealkylation sites (tertiary alicyclic amines) is 1. The van der Waals surface area contributed by atoms with Crippen LogP contribution in [0, 0.1) is 17.2 Å². The van der Waals surface area contributed by atoms with Crippen molar-refractivity contribution >= 4 is 11.8 Å². The van der Waals surface area contributed by atoms with Crippen LogP contribution < -0.4 is 5.32 Å². The minimum absolute atomic E-state index is 0.0765. The second-order valence-electron chi connectivity index (χ2n) is 10.3. The van der Waals surface area contributed by atoms with Crippen LogP contribution in [0.2, 0.25) is 0 Å². The third kappa shape index (κ3) is 7.15. The van der Waals surface area contributed by atoms with Crippen LogP contribution in [-0.4, -0.2) is 35.8 Å². The number of rotatable bonds is 11. The third-order valence-corrected chi connectivity index (χ3v) is 7.53. The Morgan fingerprint density at radius 1 is 1.08 bits per heavy atom. The van der Waals surface area contributed by atoms with Crippen LogP contribution in [0.25, 0.3) is 0 Å². The zero-order valence-electron chi connectivity index (χ0n) is 22.1. The van der Waals surface area contributed by atoms with Gasteiger partial charge in [-0.3, -0.25) is 9.59 Å². The Kier molecular flexibility index (Phi) is 9.96. The normalized spacial score (nSPS) is 17.2. The van der Waals surface area contributed by atoms with Crippen molar-refractivity contribution in [2.24, 2.45) is 5.92 Å². The van der Waals surface area contributed by atoms with Gasteiger partial charge in [-0.2, -0.15) is 18.4 Å². The van der Waals surface area contributed by atoms with Crippen molar-refractivity contribution in [2.75, 3.05) is 13.1 Å². The van der Waals surface area contributed by atoms with E-state index in [2.05, 4.69) is 11.4 Å². The van der Waals surface area contributed by atoms with E-state index in [1.54, 1.807) is 11.0 Å². The first-order valence-electron chi connectivity index (χ1n) is 13.3. The average molecular weight is 528 g/mol. The molecule has 1 aliphatic rings. The summed E-state index contributed by atoms with van der Waals surface area (Å²) in [6.45, 7) is 4.80. The van der Waals surface area contributed by atoms with Crippen LogP contribution in [-0.2, 0) is 27.6 Å². The Bertz CT molecular complexity index is 1130. The molecule has 3 rings (SSSR count). The van der Waals surface area contributed by atoms with E-state index in [0.29, 0.717) is 44.2 Å². The summed E-state index contributed by atoms with van der Waals surface area (Å²) in [6, 6.07) is 16.8. The van der Waals surface area contributed by atoms with Crippen molar-refractivity contribution in [1.29, 1.82) is 5.26 Å². The quantitative estimate of drug-likeness (QED) is 0.363. The van der Waals surface area contributed by atoms with E-state index in [9.17, 15) is 28.0 Å². The van der Waals surface area contributed by atoms with Gasteiger partial charge in [-0.25, -0.2) is 0 Å². The van der Waals surface area contributed by atoms with Gasteiger partial charge in [-0.05, 0) is 55.2 Å². The monoisotopic (exact) mass is 527 g/mol. The summed E-state index contributed by atoms with van der Waals surface area (Å²) in [5.41, 5.74) is 0.160. The SMILES string of the molecule is CC(C)[C@@](C#N)(CCCCC(=O)N1CCC[C@@H]1C(=O)NCCc1cccc(C(F)(F)F)c1)c1ccccc1. The smallest absolute Gasteiger partial charge is 0.354 e. The molecular weight excluding hydrogens is 491 g/mol. The largest absolute Gasteiger partial charge is 0.416 e. The molecule has 0 unspecified atom stereocenters. The highest BCUT2D eigenvalue weighted by atomic mass is 19.4. The van der Waals surface area contributed by atoms with E-state index in [0.717, 1.165) is 24.1 Å². The molecule has 5 nitrogen and oxygen atoms in total. The molecule has 0 radical (unpaired) electrons. The van der Waals surface area contributed by atoms with Gasteiger partial charge in [0.25, 0.3) is 0 Å². The van der Waals surface area contributed by atoms with E-state index in [-0.39, 0.29) is 30.7 Å². The lowest BCUT2D eigenvalue weighted by Gasteiger charge is -2.31. The molecule has 2 aromatic carbocycles. The molecule has 1 heterocycles. The highest BCUT2D eigenvalue weighted by molar-refractivity contribution is 5.88. The van der Waals surface area contributed by atoms with Crippen LogP contribution in [0.5, 0.6) is 0 Å². The summed E-state index contributed by atoms with van der Waals surface area (Å²) in [5, 5.41) is 12.8. The number of nitriles is 1. The molecule has 8 heteroatoms. The first-order chi connectivity index (χ1) is 18.1. The highest BCUT2D eigenvalue weighted by Crippen LogP contribution is 2.37. The first-order valence-corrected chi connectivity index (χ1v) is 13.3. The molecule has 0 spiro atoms. The maximum Gasteiger partial charge on any atom is 0.416 e. The number of hydrogen-bond acceptors (Lipinski definition) is 3. The van der Waals surface area contributed by atoms with Gasteiger partial charge in [0.1, 0.15) is 6.04 Å². The second kappa shape index (κ2) is 12.9. The van der Waals surface area contributed by atoms with Crippen molar-refractivity contribution < 1.29 is 22.8 Å². The maximum absolute atomic E-state index is 13.0. The molecule has 0 aliphatic carbocycles. The minimum atomic E-state index is -4.41. The number of carbonyl (C=O) groups excluding carboxylic acids is 2. The molecule has 2 atom stereocenters. The van der Waals surface area contributed by atoms with Crippen molar-refractivity contribution in [1.82, 2.24) is 10.2 Å². The maximum atomic E-state index is 13.0. The lowest BCUT2D eigenvalue weighted by molar-refractivity contribution is -0.138. The molecule has 1 fully saturated rings. The fraction of sp³-hybridized carbons (Fsp3) is 0.500. The fourth-order valence-corrected chi connectivity index (χ4v) is 5.26. The van der Waals surface area contributed by atoms with E-state index in [1.807, 2.05) is 44.2 Å². The van der Waals surface area contributed by atoms with Gasteiger partial charge in [0.15, 0.2) is 0 Å². The van der Waals surface area contributed by atoms with Crippen LogP contribution in [0.15, 0.2) is 54.6 Å². The zero-order chi connectivity index (χ0) is 27.8. The number of hydrogen-bond donors (Lipinski definition) is 1. The highest BCUT2D eigenvalue weighted by Gasteiger charge is 2.36. The topological polar surface area (TPSA) is 73.2 Å². The number of alkyl halides is 3. The number of amides is 2. The Morgan fingerprint density at radius 3 is 2.45 bits per heavy atom. The summed E-state index contributed by atoms with van der Waals surface area (Å²) < 4.78 is 38.8. The van der Waals surface area contributed by atoms with E-state index in [1.165, 1.54) is 6.07 Å². The Morgan fingerprint density at radius 2 is 1.79 bits per heavy atom. The Labute approximate surface area is 223 Å². The van der Waals surface area contributed by atoms with E-state index in [4.69, 9.17) is 0 Å². The van der Waals surface area contributed by atoms with Crippen molar-refractivity contribution in [3.8, 4) is 6.07 Å². The number of nitrogens with zero attached hydrogens (tertiary/aromatic N) is 2. The molecule has 1 aliphatic heterocycles. The third-order valence-electron chi connectivity index (χ3n) is 7.53. The molecular formula is C30H36F3N3O2. The number of unbranched alkanes of at least 4 members (excludes halogenated alkanes) is 1. The molecule has 1 saturated heterocycles. The van der Waals surface area contributed by atoms with Gasteiger partial charge in [-0.1, -0.05) is 68.8 Å². The Hall–Kier alpha value is -3.34. The van der Waals surface area contributed by atoms with E-state index < -0.39 is 23.2 Å². The number of nitrogens with one attached hydrogen (secondary N) is 1. The van der Waals surface area contributed by atoms with Gasteiger partial charge < -0.3 is 10.2 Å². The van der Waals surface area contributed by atoms with Crippen molar-refractivity contribution in [2.45, 2.75) is 76.4 Å². The summed E-state index contributed by atoms with van der Waals surface area (Å²) in [4.78, 5) is 27.4. The molecule has 2 amide bonds. The Balaban J connectivity index is 1.48. The molecule has 1 N–H and O–H groups in total. The summed E-state index contributed by atoms with van der Waals surface area (Å²) >= 11 is 0. The molecule has 2 aromatic rings. The van der Waals surface area contributed by atoms with Crippen molar-refractivity contribution in [3.05, 3.63) is 71.3 Å². The molecule has 0 bridgehead atoms. The second-order valence-corrected chi connectivity index (χ2v) is 10.3. The van der Waals surface area contributed by atoms with Gasteiger partial charge in [0.2, 0.25) is 11.8 Å². The summed E-state index contributed by atoms with van der Waals surface area (Å²) in [6.07, 6.45) is -0.530. The van der Waals surface area contributed by atoms with Crippen LogP contribution in [0.4, 0.5) is 13.2 Å². The fourth-order valence-electron chi connectivity index (χ4n) is 5.26. The number of carbonyl (C=O) groups is 2. The standard InChI is InChI=1S/C30H36F3N3O2/c1-22(2)29(21-34,24-11-4-3-5-12-24)17-7-6-15-27(37)36-19-9-14-26(36)28(38)35-18-16-23-10-8-13-25(20-23)30(31,32)33/h3-5,8,10-13,20,22,26H,6-7,9,14-19H2,1-2H3,(H,35,38)/t26-,29+/m1/s1. The molecule has 38 heavy (non-hydrogen) atoms. The van der Waals surface area contributed by atoms with Crippen LogP contribution in [0.3, 0.4) is 0 Å². The van der Waals surface area contributed by atoms with Crippen LogP contribution in [0.1, 0.15) is 69.1 Å². The van der Waals surface area contributed by atoms with Crippen LogP contribution >= 0.6 is 0 Å². The molecule has 0 aromatic heterocycles. The van der Waals surface area contributed by atoms with Gasteiger partial charge in [0, 0.05) is 19.5 Å². The van der Waals surface area contributed by atoms with Gasteiger partial charge >= 0.3 is 6.18 Å². The first kappa shape index (κ1) is 29.2. The lowest BCUT2D eigenvalue weighted by atomic mass is 9.69. The number of benzene rings is 2. The minimum Gasteiger partial charge on any atom is -0.354 e. The predicted molar refractivity (Wildman–Crippen MR) is 140 cm³/mol. The zero-order valence-corrected chi connectivity index (χ0v) is 22.1. The molecule has 204 valence electrons. The van der Waals surface area contributed by atoms with Crippen molar-refractivity contribution in [3.63, 3.8) is 0 Å². The average Bonchev–Trinajstić information content (AvgIpc) is 3.39. The number of halogens is 3. The summed E-state index contributed by atoms with van der Waals surface area (Å²) in [5.74, 6) is -0.226. The molecule has 0 saturated carbocycles. The predicted octanol–water partition coefficient (Wildman–Crippen LogP) is 6.03. The van der Waals surface area contributed by atoms with Gasteiger partial charge in [0.05, 0.1) is 17.0 Å². The summed E-state index contributed by atoms with van der Waals surface area (Å²) in [7, 11) is 0. The van der Waals surface area contributed by atoms with Gasteiger partial charge in [-0.15, -0.1) is 0 Å². The van der Waals surface area contributed by atoms with E-state index >= 15 is 0 Å².